The molecular weight excluding hydrogens is 298 g/mol. The molecule has 2 aromatic rings. The first-order chi connectivity index (χ1) is 8.70. The van der Waals surface area contributed by atoms with Crippen molar-refractivity contribution in [2.45, 2.75) is 6.42 Å². The first-order valence-corrected chi connectivity index (χ1v) is 6.26. The quantitative estimate of drug-likeness (QED) is 0.859. The summed E-state index contributed by atoms with van der Waals surface area (Å²) in [5.74, 6) is 2.32. The average Bonchev–Trinajstić information content (AvgIpc) is 2.77. The molecule has 18 heavy (non-hydrogen) atoms. The lowest BCUT2D eigenvalue weighted by molar-refractivity contribution is 0.741. The summed E-state index contributed by atoms with van der Waals surface area (Å²) in [6.45, 7) is 0.711. The van der Waals surface area contributed by atoms with Gasteiger partial charge in [-0.05, 0) is 15.9 Å². The largest absolute Gasteiger partial charge is 0.372 e. The van der Waals surface area contributed by atoms with Gasteiger partial charge in [-0.3, -0.25) is 4.68 Å². The van der Waals surface area contributed by atoms with E-state index in [2.05, 4.69) is 46.6 Å². The molecule has 0 saturated carbocycles. The highest BCUT2D eigenvalue weighted by Gasteiger charge is 2.07. The number of hydrogen-bond donors (Lipinski definition) is 2. The van der Waals surface area contributed by atoms with Gasteiger partial charge in [0.1, 0.15) is 28.8 Å². The average molecular weight is 312 g/mol. The van der Waals surface area contributed by atoms with Gasteiger partial charge in [-0.1, -0.05) is 0 Å². The fraction of sp³-hybridized carbons (Fsp3) is 0.400. The SMILES string of the molecule is CNc1ncnc(NCCc2ncn(C)n2)c1Br. The highest BCUT2D eigenvalue weighted by Crippen LogP contribution is 2.25. The number of aromatic nitrogens is 5. The Hall–Kier alpha value is -1.70. The summed E-state index contributed by atoms with van der Waals surface area (Å²) in [5.41, 5.74) is 0. The van der Waals surface area contributed by atoms with E-state index in [0.717, 1.165) is 28.4 Å². The molecule has 0 radical (unpaired) electrons. The van der Waals surface area contributed by atoms with Crippen LogP contribution in [0, 0.1) is 0 Å². The molecule has 0 aliphatic carbocycles. The van der Waals surface area contributed by atoms with E-state index in [-0.39, 0.29) is 0 Å². The highest BCUT2D eigenvalue weighted by molar-refractivity contribution is 9.10. The van der Waals surface area contributed by atoms with Gasteiger partial charge in [0.15, 0.2) is 5.82 Å². The van der Waals surface area contributed by atoms with Crippen molar-refractivity contribution in [3.8, 4) is 0 Å². The van der Waals surface area contributed by atoms with Crippen molar-refractivity contribution in [1.82, 2.24) is 24.7 Å². The molecule has 7 nitrogen and oxygen atoms in total. The van der Waals surface area contributed by atoms with Crippen LogP contribution in [0.3, 0.4) is 0 Å². The van der Waals surface area contributed by atoms with Gasteiger partial charge >= 0.3 is 0 Å². The zero-order valence-electron chi connectivity index (χ0n) is 10.2. The van der Waals surface area contributed by atoms with Crippen LogP contribution in [0.15, 0.2) is 17.1 Å². The van der Waals surface area contributed by atoms with Crippen LogP contribution >= 0.6 is 15.9 Å². The van der Waals surface area contributed by atoms with E-state index in [9.17, 15) is 0 Å². The molecule has 0 aromatic carbocycles. The number of rotatable bonds is 5. The van der Waals surface area contributed by atoms with Crippen molar-refractivity contribution in [2.24, 2.45) is 7.05 Å². The predicted octanol–water partition coefficient (Wildman–Crippen LogP) is 1.06. The monoisotopic (exact) mass is 311 g/mol. The molecule has 0 saturated heterocycles. The third kappa shape index (κ3) is 2.95. The Morgan fingerprint density at radius 1 is 1.28 bits per heavy atom. The van der Waals surface area contributed by atoms with E-state index < -0.39 is 0 Å². The Balaban J connectivity index is 1.94. The van der Waals surface area contributed by atoms with Crippen molar-refractivity contribution in [2.75, 3.05) is 24.2 Å². The van der Waals surface area contributed by atoms with E-state index in [4.69, 9.17) is 0 Å². The fourth-order valence-electron chi connectivity index (χ4n) is 1.46. The van der Waals surface area contributed by atoms with E-state index >= 15 is 0 Å². The Kier molecular flexibility index (Phi) is 4.08. The molecule has 2 rings (SSSR count). The predicted molar refractivity (Wildman–Crippen MR) is 72.5 cm³/mol. The van der Waals surface area contributed by atoms with Crippen LogP contribution in [0.5, 0.6) is 0 Å². The summed E-state index contributed by atoms with van der Waals surface area (Å²) in [4.78, 5) is 12.4. The van der Waals surface area contributed by atoms with Gasteiger partial charge in [-0.25, -0.2) is 15.0 Å². The maximum absolute atomic E-state index is 4.21. The lowest BCUT2D eigenvalue weighted by Gasteiger charge is -2.08. The number of nitrogens with one attached hydrogen (secondary N) is 2. The van der Waals surface area contributed by atoms with Crippen LogP contribution < -0.4 is 10.6 Å². The van der Waals surface area contributed by atoms with E-state index in [1.165, 1.54) is 6.33 Å². The maximum atomic E-state index is 4.21. The van der Waals surface area contributed by atoms with Crippen LogP contribution in [0.4, 0.5) is 11.6 Å². The molecule has 0 aliphatic heterocycles. The maximum Gasteiger partial charge on any atom is 0.152 e. The Bertz CT molecular complexity index is 525. The van der Waals surface area contributed by atoms with Gasteiger partial charge in [0, 0.05) is 27.1 Å². The van der Waals surface area contributed by atoms with Gasteiger partial charge in [-0.15, -0.1) is 0 Å². The molecule has 2 N–H and O–H groups in total. The van der Waals surface area contributed by atoms with Gasteiger partial charge in [0.05, 0.1) is 0 Å². The van der Waals surface area contributed by atoms with Crippen molar-refractivity contribution in [3.63, 3.8) is 0 Å². The van der Waals surface area contributed by atoms with E-state index in [0.29, 0.717) is 6.54 Å². The standard InChI is InChI=1S/C10H14BrN7/c1-12-9-8(11)10(15-5-14-9)13-4-3-7-16-6-18(2)17-7/h5-6H,3-4H2,1-2H3,(H2,12,13,14,15). The van der Waals surface area contributed by atoms with Crippen molar-refractivity contribution >= 4 is 27.6 Å². The van der Waals surface area contributed by atoms with E-state index in [1.54, 1.807) is 11.0 Å². The summed E-state index contributed by atoms with van der Waals surface area (Å²) >= 11 is 3.45. The summed E-state index contributed by atoms with van der Waals surface area (Å²) in [6.07, 6.45) is 3.94. The molecule has 2 heterocycles. The second-order valence-electron chi connectivity index (χ2n) is 3.65. The van der Waals surface area contributed by atoms with Crippen LogP contribution in [-0.2, 0) is 13.5 Å². The first kappa shape index (κ1) is 12.7. The second-order valence-corrected chi connectivity index (χ2v) is 4.44. The third-order valence-corrected chi connectivity index (χ3v) is 3.07. The number of halogens is 1. The van der Waals surface area contributed by atoms with Crippen molar-refractivity contribution in [3.05, 3.63) is 23.0 Å². The second kappa shape index (κ2) is 5.76. The molecule has 8 heteroatoms. The van der Waals surface area contributed by atoms with Gasteiger partial charge in [0.2, 0.25) is 0 Å². The molecule has 0 atom stereocenters. The fourth-order valence-corrected chi connectivity index (χ4v) is 2.00. The molecule has 0 fully saturated rings. The Morgan fingerprint density at radius 2 is 2.06 bits per heavy atom. The minimum absolute atomic E-state index is 0.711. The van der Waals surface area contributed by atoms with Crippen LogP contribution in [0.1, 0.15) is 5.82 Å². The smallest absolute Gasteiger partial charge is 0.152 e. The summed E-state index contributed by atoms with van der Waals surface area (Å²) < 4.78 is 2.51. The number of aryl methyl sites for hydroxylation is 1. The van der Waals surface area contributed by atoms with Crippen molar-refractivity contribution in [1.29, 1.82) is 0 Å². The van der Waals surface area contributed by atoms with Crippen LogP contribution in [0.25, 0.3) is 0 Å². The number of anilines is 2. The molecule has 0 amide bonds. The molecule has 0 bridgehead atoms. The van der Waals surface area contributed by atoms with Gasteiger partial charge in [-0.2, -0.15) is 5.10 Å². The summed E-state index contributed by atoms with van der Waals surface area (Å²) in [7, 11) is 3.67. The molecular formula is C10H14BrN7. The third-order valence-electron chi connectivity index (χ3n) is 2.31. The normalized spacial score (nSPS) is 10.4. The topological polar surface area (TPSA) is 80.5 Å². The molecule has 0 unspecified atom stereocenters. The van der Waals surface area contributed by atoms with Crippen molar-refractivity contribution < 1.29 is 0 Å². The minimum Gasteiger partial charge on any atom is -0.372 e. The molecule has 2 aromatic heterocycles. The summed E-state index contributed by atoms with van der Waals surface area (Å²) in [6, 6.07) is 0. The molecule has 0 aliphatic rings. The molecule has 0 spiro atoms. The number of hydrogen-bond acceptors (Lipinski definition) is 6. The first-order valence-electron chi connectivity index (χ1n) is 5.47. The Morgan fingerprint density at radius 3 is 2.72 bits per heavy atom. The zero-order chi connectivity index (χ0) is 13.0. The molecule has 96 valence electrons. The van der Waals surface area contributed by atoms with Crippen LogP contribution in [-0.4, -0.2) is 38.3 Å². The summed E-state index contributed by atoms with van der Waals surface area (Å²) in [5, 5.41) is 10.4. The van der Waals surface area contributed by atoms with Gasteiger partial charge < -0.3 is 10.6 Å². The van der Waals surface area contributed by atoms with Gasteiger partial charge in [0.25, 0.3) is 0 Å². The zero-order valence-corrected chi connectivity index (χ0v) is 11.8. The minimum atomic E-state index is 0.711. The Labute approximate surface area is 113 Å². The highest BCUT2D eigenvalue weighted by atomic mass is 79.9. The van der Waals surface area contributed by atoms with Crippen LogP contribution in [0.2, 0.25) is 0 Å². The van der Waals surface area contributed by atoms with E-state index in [1.807, 2.05) is 14.1 Å². The lowest BCUT2D eigenvalue weighted by Crippen LogP contribution is -2.09. The lowest BCUT2D eigenvalue weighted by atomic mass is 10.4. The number of nitrogens with zero attached hydrogens (tertiary/aromatic N) is 5.